The van der Waals surface area contributed by atoms with E-state index < -0.39 is 16.0 Å². The van der Waals surface area contributed by atoms with Gasteiger partial charge in [0.2, 0.25) is 10.0 Å². The van der Waals surface area contributed by atoms with Crippen molar-refractivity contribution in [3.8, 4) is 5.75 Å². The first-order chi connectivity index (χ1) is 12.7. The van der Waals surface area contributed by atoms with E-state index in [2.05, 4.69) is 10.1 Å². The molecule has 0 saturated carbocycles. The Morgan fingerprint density at radius 2 is 1.96 bits per heavy atom. The Kier molecular flexibility index (Phi) is 7.46. The molecule has 1 fully saturated rings. The minimum absolute atomic E-state index is 0.0867. The predicted octanol–water partition coefficient (Wildman–Crippen LogP) is 1.44. The molecule has 1 saturated heterocycles. The smallest absolute Gasteiger partial charge is 0.307 e. The normalized spacial score (nSPS) is 16.0. The summed E-state index contributed by atoms with van der Waals surface area (Å²) in [5.41, 5.74) is 0.351. The highest BCUT2D eigenvalue weighted by Crippen LogP contribution is 2.28. The molecule has 0 atom stereocenters. The highest BCUT2D eigenvalue weighted by atomic mass is 35.5. The summed E-state index contributed by atoms with van der Waals surface area (Å²) in [6, 6.07) is 4.69. The van der Waals surface area contributed by atoms with Crippen molar-refractivity contribution in [1.82, 2.24) is 9.62 Å². The maximum atomic E-state index is 12.1. The minimum Gasteiger partial charge on any atom is -0.489 e. The molecule has 150 valence electrons. The summed E-state index contributed by atoms with van der Waals surface area (Å²) in [4.78, 5) is 23.1. The van der Waals surface area contributed by atoms with Crippen LogP contribution in [-0.4, -0.2) is 63.7 Å². The average molecular weight is 419 g/mol. The van der Waals surface area contributed by atoms with Crippen LogP contribution in [0.4, 0.5) is 0 Å². The standard InChI is InChI=1S/C17H23ClN2O6S/c1-25-16(21)5-8-19-17(22)12-3-4-15(14(18)11-12)26-13-6-9-20(10-7-13)27(2,23)24/h3-4,11,13H,5-10H2,1-2H3,(H,19,22). The molecule has 1 heterocycles. The highest BCUT2D eigenvalue weighted by molar-refractivity contribution is 7.88. The van der Waals surface area contributed by atoms with Crippen LogP contribution in [-0.2, 0) is 19.6 Å². The van der Waals surface area contributed by atoms with Crippen LogP contribution in [0.3, 0.4) is 0 Å². The SMILES string of the molecule is COC(=O)CCNC(=O)c1ccc(OC2CCN(S(C)(=O)=O)CC2)c(Cl)c1. The molecule has 0 aliphatic carbocycles. The third kappa shape index (κ3) is 6.37. The Balaban J connectivity index is 1.89. The largest absolute Gasteiger partial charge is 0.489 e. The van der Waals surface area contributed by atoms with Crippen LogP contribution in [0.1, 0.15) is 29.6 Å². The van der Waals surface area contributed by atoms with E-state index in [0.717, 1.165) is 0 Å². The van der Waals surface area contributed by atoms with Gasteiger partial charge in [0.15, 0.2) is 0 Å². The number of halogens is 1. The lowest BCUT2D eigenvalue weighted by molar-refractivity contribution is -0.140. The third-order valence-electron chi connectivity index (χ3n) is 4.20. The van der Waals surface area contributed by atoms with E-state index in [9.17, 15) is 18.0 Å². The molecule has 0 aromatic heterocycles. The number of benzene rings is 1. The number of carbonyl (C=O) groups excluding carboxylic acids is 2. The maximum Gasteiger partial charge on any atom is 0.307 e. The molecular formula is C17H23ClN2O6S. The Bertz CT molecular complexity index is 791. The number of esters is 1. The monoisotopic (exact) mass is 418 g/mol. The molecule has 2 rings (SSSR count). The van der Waals surface area contributed by atoms with Gasteiger partial charge in [0, 0.05) is 25.2 Å². The fourth-order valence-corrected chi connectivity index (χ4v) is 3.78. The van der Waals surface area contributed by atoms with Gasteiger partial charge in [-0.1, -0.05) is 11.6 Å². The summed E-state index contributed by atoms with van der Waals surface area (Å²) < 4.78 is 34.9. The van der Waals surface area contributed by atoms with Gasteiger partial charge >= 0.3 is 5.97 Å². The maximum absolute atomic E-state index is 12.1. The molecule has 8 nitrogen and oxygen atoms in total. The van der Waals surface area contributed by atoms with Gasteiger partial charge in [0.1, 0.15) is 11.9 Å². The van der Waals surface area contributed by atoms with E-state index in [1.165, 1.54) is 23.7 Å². The molecule has 27 heavy (non-hydrogen) atoms. The second-order valence-electron chi connectivity index (χ2n) is 6.21. The summed E-state index contributed by atoms with van der Waals surface area (Å²) in [5, 5.41) is 2.90. The van der Waals surface area contributed by atoms with Crippen molar-refractivity contribution < 1.29 is 27.5 Å². The van der Waals surface area contributed by atoms with Crippen molar-refractivity contribution in [2.24, 2.45) is 0 Å². The minimum atomic E-state index is -3.18. The summed E-state index contributed by atoms with van der Waals surface area (Å²) >= 11 is 6.22. The Morgan fingerprint density at radius 3 is 2.52 bits per heavy atom. The van der Waals surface area contributed by atoms with Gasteiger partial charge in [-0.3, -0.25) is 9.59 Å². The van der Waals surface area contributed by atoms with Crippen LogP contribution in [0, 0.1) is 0 Å². The molecule has 0 unspecified atom stereocenters. The lowest BCUT2D eigenvalue weighted by atomic mass is 10.1. The van der Waals surface area contributed by atoms with Gasteiger partial charge in [-0.05, 0) is 31.0 Å². The number of piperidine rings is 1. The third-order valence-corrected chi connectivity index (χ3v) is 5.80. The van der Waals surface area contributed by atoms with Gasteiger partial charge in [0.25, 0.3) is 5.91 Å². The molecule has 10 heteroatoms. The van der Waals surface area contributed by atoms with Crippen LogP contribution in [0.25, 0.3) is 0 Å². The second-order valence-corrected chi connectivity index (χ2v) is 8.60. The van der Waals surface area contributed by atoms with Crippen LogP contribution >= 0.6 is 11.6 Å². The first kappa shape index (κ1) is 21.5. The number of nitrogens with one attached hydrogen (secondary N) is 1. The zero-order valence-corrected chi connectivity index (χ0v) is 16.8. The summed E-state index contributed by atoms with van der Waals surface area (Å²) in [7, 11) is -1.90. The fourth-order valence-electron chi connectivity index (χ4n) is 2.68. The Hall–Kier alpha value is -1.84. The highest BCUT2D eigenvalue weighted by Gasteiger charge is 2.26. The molecule has 0 bridgehead atoms. The van der Waals surface area contributed by atoms with Crippen LogP contribution in [0.2, 0.25) is 5.02 Å². The number of hydrogen-bond acceptors (Lipinski definition) is 6. The zero-order chi connectivity index (χ0) is 20.0. The lowest BCUT2D eigenvalue weighted by Crippen LogP contribution is -2.41. The van der Waals surface area contributed by atoms with E-state index in [4.69, 9.17) is 16.3 Å². The number of rotatable bonds is 7. The van der Waals surface area contributed by atoms with Gasteiger partial charge < -0.3 is 14.8 Å². The predicted molar refractivity (Wildman–Crippen MR) is 100 cm³/mol. The zero-order valence-electron chi connectivity index (χ0n) is 15.2. The van der Waals surface area contributed by atoms with Gasteiger partial charge in [-0.2, -0.15) is 0 Å². The fraction of sp³-hybridized carbons (Fsp3) is 0.529. The van der Waals surface area contributed by atoms with E-state index in [1.807, 2.05) is 0 Å². The molecular weight excluding hydrogens is 396 g/mol. The number of amides is 1. The van der Waals surface area contributed by atoms with E-state index in [0.29, 0.717) is 42.3 Å². The summed E-state index contributed by atoms with van der Waals surface area (Å²) in [5.74, 6) is -0.312. The van der Waals surface area contributed by atoms with Crippen LogP contribution in [0.15, 0.2) is 18.2 Å². The Labute approximate surface area is 163 Å². The van der Waals surface area contributed by atoms with Crippen LogP contribution < -0.4 is 10.1 Å². The molecule has 1 N–H and O–H groups in total. The van der Waals surface area contributed by atoms with Crippen molar-refractivity contribution in [1.29, 1.82) is 0 Å². The summed E-state index contributed by atoms with van der Waals surface area (Å²) in [6.45, 7) is 0.976. The molecule has 1 aliphatic rings. The number of nitrogens with zero attached hydrogens (tertiary/aromatic N) is 1. The number of carbonyl (C=O) groups is 2. The topological polar surface area (TPSA) is 102 Å². The first-order valence-corrected chi connectivity index (χ1v) is 10.7. The molecule has 1 aromatic carbocycles. The molecule has 0 radical (unpaired) electrons. The van der Waals surface area contributed by atoms with E-state index >= 15 is 0 Å². The van der Waals surface area contributed by atoms with Crippen molar-refractivity contribution in [2.45, 2.75) is 25.4 Å². The molecule has 1 aliphatic heterocycles. The number of methoxy groups -OCH3 is 1. The number of ether oxygens (including phenoxy) is 2. The Morgan fingerprint density at radius 1 is 1.30 bits per heavy atom. The van der Waals surface area contributed by atoms with Crippen molar-refractivity contribution in [3.63, 3.8) is 0 Å². The molecule has 1 aromatic rings. The summed E-state index contributed by atoms with van der Waals surface area (Å²) in [6.07, 6.45) is 2.28. The van der Waals surface area contributed by atoms with E-state index in [1.54, 1.807) is 12.1 Å². The van der Waals surface area contributed by atoms with Gasteiger partial charge in [0.05, 0.1) is 24.8 Å². The second kappa shape index (κ2) is 9.38. The molecule has 0 spiro atoms. The van der Waals surface area contributed by atoms with Crippen molar-refractivity contribution in [3.05, 3.63) is 28.8 Å². The van der Waals surface area contributed by atoms with Crippen molar-refractivity contribution >= 4 is 33.5 Å². The number of sulfonamides is 1. The quantitative estimate of drug-likeness (QED) is 0.672. The van der Waals surface area contributed by atoms with E-state index in [-0.39, 0.29) is 25.0 Å². The lowest BCUT2D eigenvalue weighted by Gasteiger charge is -2.30. The molecule has 1 amide bonds. The van der Waals surface area contributed by atoms with Crippen molar-refractivity contribution in [2.75, 3.05) is 33.0 Å². The van der Waals surface area contributed by atoms with Crippen LogP contribution in [0.5, 0.6) is 5.75 Å². The van der Waals surface area contributed by atoms with Gasteiger partial charge in [-0.25, -0.2) is 12.7 Å². The number of hydrogen-bond donors (Lipinski definition) is 1. The average Bonchev–Trinajstić information content (AvgIpc) is 2.62. The van der Waals surface area contributed by atoms with Gasteiger partial charge in [-0.15, -0.1) is 0 Å². The first-order valence-electron chi connectivity index (χ1n) is 8.47.